The van der Waals surface area contributed by atoms with Crippen molar-refractivity contribution >= 4 is 21.6 Å². The van der Waals surface area contributed by atoms with Crippen molar-refractivity contribution in [3.63, 3.8) is 0 Å². The van der Waals surface area contributed by atoms with Gasteiger partial charge in [0.25, 0.3) is 0 Å². The maximum atomic E-state index is 12.2. The predicted molar refractivity (Wildman–Crippen MR) is 78.9 cm³/mol. The molecule has 0 fully saturated rings. The van der Waals surface area contributed by atoms with Crippen LogP contribution in [0.15, 0.2) is 23.1 Å². The van der Waals surface area contributed by atoms with Crippen molar-refractivity contribution in [1.29, 1.82) is 0 Å². The summed E-state index contributed by atoms with van der Waals surface area (Å²) in [5.74, 6) is -0.242. The lowest BCUT2D eigenvalue weighted by atomic mass is 10.0. The number of nitrogens with one attached hydrogen (secondary N) is 2. The number of primary sulfonamides is 1. The Balaban J connectivity index is 3.09. The molecule has 0 bridgehead atoms. The average molecular weight is 299 g/mol. The van der Waals surface area contributed by atoms with Crippen LogP contribution in [-0.2, 0) is 14.8 Å². The molecule has 1 aromatic rings. The zero-order valence-electron chi connectivity index (χ0n) is 12.1. The Kier molecular flexibility index (Phi) is 4.90. The first-order valence-electron chi connectivity index (χ1n) is 6.28. The number of amides is 1. The van der Waals surface area contributed by atoms with Crippen molar-refractivity contribution in [2.75, 3.05) is 11.9 Å². The quantitative estimate of drug-likeness (QED) is 0.754. The van der Waals surface area contributed by atoms with Crippen LogP contribution >= 0.6 is 0 Å². The van der Waals surface area contributed by atoms with Gasteiger partial charge in [-0.25, -0.2) is 13.6 Å². The first-order chi connectivity index (χ1) is 9.09. The Morgan fingerprint density at radius 2 is 1.95 bits per heavy atom. The van der Waals surface area contributed by atoms with E-state index in [1.54, 1.807) is 32.9 Å². The molecule has 112 valence electrons. The second-order valence-corrected chi connectivity index (χ2v) is 6.61. The predicted octanol–water partition coefficient (Wildman–Crippen LogP) is 0.969. The van der Waals surface area contributed by atoms with Crippen molar-refractivity contribution in [3.8, 4) is 0 Å². The third-order valence-corrected chi connectivity index (χ3v) is 4.08. The van der Waals surface area contributed by atoms with Crippen LogP contribution in [0.25, 0.3) is 0 Å². The standard InChI is InChI=1S/C13H21N3O3S/c1-5-15-13(3,4)12(17)16-10-7-6-8-11(9(10)2)20(14,18)19/h6-8,15H,5H2,1-4H3,(H,16,17)(H2,14,18,19). The first kappa shape index (κ1) is 16.6. The molecule has 0 saturated heterocycles. The van der Waals surface area contributed by atoms with E-state index in [2.05, 4.69) is 10.6 Å². The maximum Gasteiger partial charge on any atom is 0.244 e. The first-order valence-corrected chi connectivity index (χ1v) is 7.83. The Labute approximate surface area is 119 Å². The van der Waals surface area contributed by atoms with Gasteiger partial charge >= 0.3 is 0 Å². The molecule has 0 aliphatic carbocycles. The fraction of sp³-hybridized carbons (Fsp3) is 0.462. The molecule has 0 spiro atoms. The monoisotopic (exact) mass is 299 g/mol. The molecule has 0 atom stereocenters. The molecular formula is C13H21N3O3S. The third-order valence-electron chi connectivity index (χ3n) is 3.03. The molecule has 0 aliphatic heterocycles. The molecular weight excluding hydrogens is 278 g/mol. The molecule has 4 N–H and O–H groups in total. The number of rotatable bonds is 5. The van der Waals surface area contributed by atoms with Crippen LogP contribution in [0.2, 0.25) is 0 Å². The van der Waals surface area contributed by atoms with Crippen LogP contribution in [0.4, 0.5) is 5.69 Å². The molecule has 1 aromatic carbocycles. The number of benzene rings is 1. The minimum atomic E-state index is -3.80. The van der Waals surface area contributed by atoms with Crippen molar-refractivity contribution in [1.82, 2.24) is 5.32 Å². The van der Waals surface area contributed by atoms with E-state index in [0.717, 1.165) is 0 Å². The molecule has 0 aromatic heterocycles. The number of carbonyl (C=O) groups excluding carboxylic acids is 1. The van der Waals surface area contributed by atoms with Crippen molar-refractivity contribution in [3.05, 3.63) is 23.8 Å². The molecule has 20 heavy (non-hydrogen) atoms. The highest BCUT2D eigenvalue weighted by atomic mass is 32.2. The Hall–Kier alpha value is -1.44. The second kappa shape index (κ2) is 5.90. The largest absolute Gasteiger partial charge is 0.324 e. The highest BCUT2D eigenvalue weighted by molar-refractivity contribution is 7.89. The molecule has 6 nitrogen and oxygen atoms in total. The van der Waals surface area contributed by atoms with Gasteiger partial charge in [-0.3, -0.25) is 4.79 Å². The lowest BCUT2D eigenvalue weighted by Crippen LogP contribution is -2.49. The van der Waals surface area contributed by atoms with Gasteiger partial charge in [-0.05, 0) is 45.0 Å². The lowest BCUT2D eigenvalue weighted by Gasteiger charge is -2.25. The number of nitrogens with two attached hydrogens (primary N) is 1. The molecule has 0 aliphatic rings. The van der Waals surface area contributed by atoms with Crippen LogP contribution in [0.3, 0.4) is 0 Å². The summed E-state index contributed by atoms with van der Waals surface area (Å²) in [5, 5.41) is 10.9. The minimum absolute atomic E-state index is 0.0107. The van der Waals surface area contributed by atoms with Crippen LogP contribution in [0.1, 0.15) is 26.3 Å². The van der Waals surface area contributed by atoms with Gasteiger partial charge in [0.15, 0.2) is 0 Å². The van der Waals surface area contributed by atoms with Gasteiger partial charge in [0.05, 0.1) is 10.4 Å². The van der Waals surface area contributed by atoms with Gasteiger partial charge in [-0.1, -0.05) is 13.0 Å². The summed E-state index contributed by atoms with van der Waals surface area (Å²) in [7, 11) is -3.80. The summed E-state index contributed by atoms with van der Waals surface area (Å²) >= 11 is 0. The number of sulfonamides is 1. The maximum absolute atomic E-state index is 12.2. The van der Waals surface area contributed by atoms with Gasteiger partial charge in [-0.15, -0.1) is 0 Å². The summed E-state index contributed by atoms with van der Waals surface area (Å²) in [5.41, 5.74) is 0.113. The molecule has 0 saturated carbocycles. The van der Waals surface area contributed by atoms with Crippen molar-refractivity contribution in [2.24, 2.45) is 5.14 Å². The summed E-state index contributed by atoms with van der Waals surface area (Å²) in [6.45, 7) is 7.67. The van der Waals surface area contributed by atoms with E-state index in [0.29, 0.717) is 17.8 Å². The lowest BCUT2D eigenvalue weighted by molar-refractivity contribution is -0.121. The Bertz CT molecular complexity index is 609. The van der Waals surface area contributed by atoms with E-state index in [1.807, 2.05) is 6.92 Å². The molecule has 1 amide bonds. The summed E-state index contributed by atoms with van der Waals surface area (Å²) in [6.07, 6.45) is 0. The number of hydrogen-bond donors (Lipinski definition) is 3. The smallest absolute Gasteiger partial charge is 0.244 e. The molecule has 0 unspecified atom stereocenters. The van der Waals surface area contributed by atoms with E-state index in [1.165, 1.54) is 6.07 Å². The van der Waals surface area contributed by atoms with Crippen LogP contribution < -0.4 is 15.8 Å². The average Bonchev–Trinajstić information content (AvgIpc) is 2.30. The molecule has 1 rings (SSSR count). The van der Waals surface area contributed by atoms with E-state index in [-0.39, 0.29) is 10.8 Å². The number of hydrogen-bond acceptors (Lipinski definition) is 4. The van der Waals surface area contributed by atoms with Gasteiger partial charge < -0.3 is 10.6 Å². The zero-order valence-corrected chi connectivity index (χ0v) is 13.0. The molecule has 0 radical (unpaired) electrons. The second-order valence-electron chi connectivity index (χ2n) is 5.08. The van der Waals surface area contributed by atoms with E-state index >= 15 is 0 Å². The molecule has 0 heterocycles. The van der Waals surface area contributed by atoms with E-state index < -0.39 is 15.6 Å². The number of anilines is 1. The van der Waals surface area contributed by atoms with Crippen LogP contribution in [0.5, 0.6) is 0 Å². The normalized spacial score (nSPS) is 12.2. The molecule has 7 heteroatoms. The Morgan fingerprint density at radius 1 is 1.35 bits per heavy atom. The van der Waals surface area contributed by atoms with Gasteiger partial charge in [-0.2, -0.15) is 0 Å². The summed E-state index contributed by atoms with van der Waals surface area (Å²) < 4.78 is 22.9. The Morgan fingerprint density at radius 3 is 2.45 bits per heavy atom. The van der Waals surface area contributed by atoms with Crippen molar-refractivity contribution < 1.29 is 13.2 Å². The SMILES string of the molecule is CCNC(C)(C)C(=O)Nc1cccc(S(N)(=O)=O)c1C. The van der Waals surface area contributed by atoms with E-state index in [4.69, 9.17) is 5.14 Å². The fourth-order valence-corrected chi connectivity index (χ4v) is 2.66. The topological polar surface area (TPSA) is 101 Å². The van der Waals surface area contributed by atoms with E-state index in [9.17, 15) is 13.2 Å². The third kappa shape index (κ3) is 3.78. The van der Waals surface area contributed by atoms with Crippen LogP contribution in [-0.4, -0.2) is 26.4 Å². The highest BCUT2D eigenvalue weighted by Gasteiger charge is 2.27. The number of likely N-dealkylation sites (N-methyl/N-ethyl adjacent to an activating group) is 1. The zero-order chi connectivity index (χ0) is 15.6. The highest BCUT2D eigenvalue weighted by Crippen LogP contribution is 2.22. The minimum Gasteiger partial charge on any atom is -0.324 e. The van der Waals surface area contributed by atoms with Crippen LogP contribution in [0, 0.1) is 6.92 Å². The fourth-order valence-electron chi connectivity index (χ4n) is 1.86. The van der Waals surface area contributed by atoms with Crippen molar-refractivity contribution in [2.45, 2.75) is 38.1 Å². The summed E-state index contributed by atoms with van der Waals surface area (Å²) in [4.78, 5) is 12.2. The van der Waals surface area contributed by atoms with Gasteiger partial charge in [0, 0.05) is 5.69 Å². The summed E-state index contributed by atoms with van der Waals surface area (Å²) in [6, 6.07) is 4.60. The number of carbonyl (C=O) groups is 1. The van der Waals surface area contributed by atoms with Gasteiger partial charge in [0.1, 0.15) is 0 Å². The van der Waals surface area contributed by atoms with Gasteiger partial charge in [0.2, 0.25) is 15.9 Å².